The first-order valence-corrected chi connectivity index (χ1v) is 14.4. The second kappa shape index (κ2) is 13.3. The largest absolute Gasteiger partial charge is 0.490 e. The Labute approximate surface area is 263 Å². The molecule has 2 fully saturated rings. The van der Waals surface area contributed by atoms with Gasteiger partial charge in [-0.15, -0.1) is 0 Å². The summed E-state index contributed by atoms with van der Waals surface area (Å²) in [5.74, 6) is -2.78. The van der Waals surface area contributed by atoms with E-state index in [0.29, 0.717) is 36.2 Å². The van der Waals surface area contributed by atoms with Gasteiger partial charge in [0.1, 0.15) is 18.1 Å². The summed E-state index contributed by atoms with van der Waals surface area (Å²) < 4.78 is 72.5. The van der Waals surface area contributed by atoms with E-state index in [4.69, 9.17) is 21.5 Å². The summed E-state index contributed by atoms with van der Waals surface area (Å²) in [6, 6.07) is 3.23. The third kappa shape index (κ3) is 7.30. The fraction of sp³-hybridized carbons (Fsp3) is 0.464. The SMILES string of the molecule is CCc1c(N2CCNC3CCC32)c(=O)c2nc(N(C)C)cnc2n1CC(=O)Nc1ccc(C(F)(F)F)cc1Cl.O=C(O)C(F)(F)F. The molecule has 1 saturated carbocycles. The number of aromatic nitrogens is 3. The number of benzene rings is 1. The van der Waals surface area contributed by atoms with Gasteiger partial charge in [0.05, 0.1) is 22.5 Å². The van der Waals surface area contributed by atoms with Gasteiger partial charge < -0.3 is 30.1 Å². The lowest BCUT2D eigenvalue weighted by molar-refractivity contribution is -0.192. The Morgan fingerprint density at radius 3 is 2.37 bits per heavy atom. The number of halogens is 7. The maximum Gasteiger partial charge on any atom is 0.490 e. The third-order valence-corrected chi connectivity index (χ3v) is 7.93. The van der Waals surface area contributed by atoms with Gasteiger partial charge >= 0.3 is 18.3 Å². The minimum absolute atomic E-state index is 0.0543. The molecule has 2 aliphatic rings. The summed E-state index contributed by atoms with van der Waals surface area (Å²) in [4.78, 5) is 49.1. The van der Waals surface area contributed by atoms with Crippen LogP contribution in [0.5, 0.6) is 0 Å². The van der Waals surface area contributed by atoms with Crippen molar-refractivity contribution < 1.29 is 41.0 Å². The molecule has 0 radical (unpaired) electrons. The van der Waals surface area contributed by atoms with Gasteiger partial charge in [-0.25, -0.2) is 14.8 Å². The lowest BCUT2D eigenvalue weighted by Gasteiger charge is -2.50. The molecule has 2 atom stereocenters. The molecule has 3 aromatic rings. The van der Waals surface area contributed by atoms with Crippen molar-refractivity contribution in [2.45, 2.75) is 57.2 Å². The molecule has 3 N–H and O–H groups in total. The summed E-state index contributed by atoms with van der Waals surface area (Å²) >= 11 is 6.06. The number of pyridine rings is 1. The molecular weight excluding hydrogens is 648 g/mol. The zero-order valence-electron chi connectivity index (χ0n) is 24.8. The van der Waals surface area contributed by atoms with E-state index in [2.05, 4.69) is 25.5 Å². The van der Waals surface area contributed by atoms with Crippen molar-refractivity contribution >= 4 is 51.8 Å². The number of anilines is 3. The lowest BCUT2D eigenvalue weighted by atomic mass is 9.83. The standard InChI is InChI=1S/C26H29ClF3N7O2.C2HF3O2/c1-4-18-23(36-10-9-31-17-7-8-19(17)36)24(39)22-25(32-12-20(34-22)35(2)3)37(18)13-21(38)33-16-6-5-14(11-15(16)27)26(28,29)30;3-2(4,5)1(6)7/h5-6,11-12,17,19,31H,4,7-10,13H2,1-3H3,(H,33,38);(H,6,7). The van der Waals surface area contributed by atoms with E-state index in [1.165, 1.54) is 6.20 Å². The van der Waals surface area contributed by atoms with E-state index >= 15 is 0 Å². The number of nitrogens with zero attached hydrogens (tertiary/aromatic N) is 5. The van der Waals surface area contributed by atoms with Crippen LogP contribution in [-0.4, -0.2) is 77.0 Å². The molecule has 1 aliphatic carbocycles. The number of carboxylic acid groups (broad SMARTS) is 1. The van der Waals surface area contributed by atoms with E-state index in [9.17, 15) is 35.9 Å². The second-order valence-corrected chi connectivity index (χ2v) is 11.2. The van der Waals surface area contributed by atoms with Crippen molar-refractivity contribution in [1.29, 1.82) is 0 Å². The maximum absolute atomic E-state index is 13.9. The number of rotatable bonds is 6. The molecule has 0 spiro atoms. The molecule has 0 bridgehead atoms. The van der Waals surface area contributed by atoms with Crippen LogP contribution in [0.15, 0.2) is 29.2 Å². The van der Waals surface area contributed by atoms with Crippen LogP contribution in [0.4, 0.5) is 43.5 Å². The summed E-state index contributed by atoms with van der Waals surface area (Å²) in [7, 11) is 3.60. The fourth-order valence-corrected chi connectivity index (χ4v) is 5.52. The first-order chi connectivity index (χ1) is 21.4. The lowest BCUT2D eigenvalue weighted by Crippen LogP contribution is -2.64. The minimum Gasteiger partial charge on any atom is -0.475 e. The molecular formula is C28H30ClF6N7O4. The summed E-state index contributed by atoms with van der Waals surface area (Å²) in [6.07, 6.45) is -5.66. The Bertz CT molecular complexity index is 1700. The number of alkyl halides is 6. The Hall–Kier alpha value is -4.12. The molecule has 1 amide bonds. The van der Waals surface area contributed by atoms with Gasteiger partial charge in [-0.1, -0.05) is 18.5 Å². The molecule has 250 valence electrons. The summed E-state index contributed by atoms with van der Waals surface area (Å²) in [5.41, 5.74) is 0.509. The van der Waals surface area contributed by atoms with Crippen LogP contribution in [0.25, 0.3) is 11.2 Å². The Morgan fingerprint density at radius 1 is 1.17 bits per heavy atom. The van der Waals surface area contributed by atoms with Gasteiger partial charge in [-0.3, -0.25) is 9.59 Å². The van der Waals surface area contributed by atoms with Gasteiger partial charge in [-0.05, 0) is 37.5 Å². The molecule has 1 saturated heterocycles. The van der Waals surface area contributed by atoms with Crippen LogP contribution >= 0.6 is 11.6 Å². The number of carbonyl (C=O) groups excluding carboxylic acids is 1. The van der Waals surface area contributed by atoms with E-state index in [-0.39, 0.29) is 39.9 Å². The van der Waals surface area contributed by atoms with Crippen molar-refractivity contribution in [2.75, 3.05) is 42.3 Å². The molecule has 5 rings (SSSR count). The van der Waals surface area contributed by atoms with E-state index < -0.39 is 29.8 Å². The molecule has 18 heteroatoms. The molecule has 2 unspecified atom stereocenters. The normalized spacial score (nSPS) is 17.8. The Morgan fingerprint density at radius 2 is 1.85 bits per heavy atom. The van der Waals surface area contributed by atoms with Crippen LogP contribution in [0.3, 0.4) is 0 Å². The quantitative estimate of drug-likeness (QED) is 0.327. The van der Waals surface area contributed by atoms with Gasteiger partial charge in [0.25, 0.3) is 0 Å². The van der Waals surface area contributed by atoms with Gasteiger partial charge in [0.2, 0.25) is 11.3 Å². The van der Waals surface area contributed by atoms with Gasteiger partial charge in [-0.2, -0.15) is 26.3 Å². The van der Waals surface area contributed by atoms with Crippen molar-refractivity contribution in [2.24, 2.45) is 0 Å². The minimum atomic E-state index is -5.08. The molecule has 46 heavy (non-hydrogen) atoms. The maximum atomic E-state index is 13.9. The number of piperazine rings is 1. The smallest absolute Gasteiger partial charge is 0.475 e. The van der Waals surface area contributed by atoms with E-state index in [1.807, 2.05) is 6.92 Å². The van der Waals surface area contributed by atoms with Crippen LogP contribution in [0.1, 0.15) is 31.0 Å². The van der Waals surface area contributed by atoms with Crippen LogP contribution in [0.2, 0.25) is 5.02 Å². The van der Waals surface area contributed by atoms with Gasteiger partial charge in [0.15, 0.2) is 11.2 Å². The van der Waals surface area contributed by atoms with Crippen molar-refractivity contribution in [3.8, 4) is 0 Å². The molecule has 1 aliphatic heterocycles. The average Bonchev–Trinajstić information content (AvgIpc) is 2.95. The van der Waals surface area contributed by atoms with Crippen LogP contribution in [0, 0.1) is 0 Å². The Balaban J connectivity index is 0.000000617. The number of aliphatic carboxylic acids is 1. The highest BCUT2D eigenvalue weighted by Crippen LogP contribution is 2.35. The van der Waals surface area contributed by atoms with E-state index in [0.717, 1.165) is 37.6 Å². The van der Waals surface area contributed by atoms with Crippen LogP contribution < -0.4 is 25.9 Å². The number of hydrogen-bond acceptors (Lipinski definition) is 8. The number of hydrogen-bond donors (Lipinski definition) is 3. The molecule has 11 nitrogen and oxygen atoms in total. The molecule has 2 aromatic heterocycles. The predicted octanol–water partition coefficient (Wildman–Crippen LogP) is 4.30. The third-order valence-electron chi connectivity index (χ3n) is 7.62. The molecule has 1 aromatic carbocycles. The summed E-state index contributed by atoms with van der Waals surface area (Å²) in [5, 5.41) is 13.0. The zero-order chi connectivity index (χ0) is 34.1. The number of amides is 1. The number of fused-ring (bicyclic) bond motifs is 2. The number of carbonyl (C=O) groups is 2. The predicted molar refractivity (Wildman–Crippen MR) is 158 cm³/mol. The highest BCUT2D eigenvalue weighted by atomic mass is 35.5. The molecule has 3 heterocycles. The van der Waals surface area contributed by atoms with Gasteiger partial charge in [0, 0.05) is 45.0 Å². The Kier molecular flexibility index (Phi) is 10.1. The first-order valence-electron chi connectivity index (χ1n) is 14.0. The second-order valence-electron chi connectivity index (χ2n) is 10.8. The number of nitrogens with one attached hydrogen (secondary N) is 2. The van der Waals surface area contributed by atoms with Crippen molar-refractivity contribution in [1.82, 2.24) is 19.9 Å². The van der Waals surface area contributed by atoms with Crippen molar-refractivity contribution in [3.63, 3.8) is 0 Å². The topological polar surface area (TPSA) is 133 Å². The fourth-order valence-electron chi connectivity index (χ4n) is 5.30. The van der Waals surface area contributed by atoms with E-state index in [1.54, 1.807) is 23.6 Å². The van der Waals surface area contributed by atoms with Crippen LogP contribution in [-0.2, 0) is 28.7 Å². The first kappa shape index (κ1) is 34.7. The highest BCUT2D eigenvalue weighted by Gasteiger charge is 2.41. The van der Waals surface area contributed by atoms with Crippen molar-refractivity contribution in [3.05, 3.63) is 50.9 Å². The average molecular weight is 678 g/mol. The summed E-state index contributed by atoms with van der Waals surface area (Å²) in [6.45, 7) is 3.05. The zero-order valence-corrected chi connectivity index (χ0v) is 25.5. The number of carboxylic acids is 1. The highest BCUT2D eigenvalue weighted by molar-refractivity contribution is 6.33. The monoisotopic (exact) mass is 677 g/mol.